The molecule has 2 aromatic heterocycles. The van der Waals surface area contributed by atoms with Crippen LogP contribution in [-0.4, -0.2) is 9.97 Å². The van der Waals surface area contributed by atoms with E-state index in [4.69, 9.17) is 4.42 Å². The predicted octanol–water partition coefficient (Wildman–Crippen LogP) is 3.82. The Kier molecular flexibility index (Phi) is 2.40. The lowest BCUT2D eigenvalue weighted by molar-refractivity contribution is 0.607. The number of benzene rings is 1. The fourth-order valence-electron chi connectivity index (χ4n) is 1.92. The van der Waals surface area contributed by atoms with Crippen LogP contribution in [0.15, 0.2) is 34.9 Å². The lowest BCUT2D eigenvalue weighted by Crippen LogP contribution is -1.83. The quantitative estimate of drug-likeness (QED) is 0.647. The maximum atomic E-state index is 5.68. The molecule has 0 spiro atoms. The van der Waals surface area contributed by atoms with Crippen molar-refractivity contribution in [2.75, 3.05) is 0 Å². The Morgan fingerprint density at radius 2 is 1.83 bits per heavy atom. The number of oxazole rings is 1. The molecule has 3 heteroatoms. The van der Waals surface area contributed by atoms with Gasteiger partial charge in [-0.1, -0.05) is 6.07 Å². The van der Waals surface area contributed by atoms with Gasteiger partial charge in [-0.2, -0.15) is 0 Å². The van der Waals surface area contributed by atoms with Crippen molar-refractivity contribution >= 4 is 11.2 Å². The molecule has 0 aliphatic rings. The first-order valence-electron chi connectivity index (χ1n) is 5.94. The number of pyridine rings is 1. The van der Waals surface area contributed by atoms with Gasteiger partial charge in [0.05, 0.1) is 0 Å². The molecule has 0 aliphatic carbocycles. The van der Waals surface area contributed by atoms with E-state index in [1.807, 2.05) is 19.1 Å². The van der Waals surface area contributed by atoms with Crippen LogP contribution >= 0.6 is 0 Å². The van der Waals surface area contributed by atoms with E-state index in [0.29, 0.717) is 11.6 Å². The van der Waals surface area contributed by atoms with Crippen molar-refractivity contribution in [3.05, 3.63) is 47.2 Å². The van der Waals surface area contributed by atoms with Crippen LogP contribution in [0.2, 0.25) is 0 Å². The van der Waals surface area contributed by atoms with E-state index >= 15 is 0 Å². The summed E-state index contributed by atoms with van der Waals surface area (Å²) in [5, 5.41) is 0. The number of fused-ring (bicyclic) bond motifs is 1. The van der Waals surface area contributed by atoms with Crippen LogP contribution in [0, 0.1) is 20.8 Å². The molecule has 18 heavy (non-hydrogen) atoms. The highest BCUT2D eigenvalue weighted by atomic mass is 16.4. The normalized spacial score (nSPS) is 11.1. The maximum Gasteiger partial charge on any atom is 0.247 e. The molecule has 90 valence electrons. The average molecular weight is 238 g/mol. The first-order chi connectivity index (χ1) is 8.63. The lowest BCUT2D eigenvalue weighted by Gasteiger charge is -2.00. The molecule has 3 aromatic rings. The number of aromatic nitrogens is 2. The Morgan fingerprint density at radius 3 is 2.61 bits per heavy atom. The molecule has 0 radical (unpaired) electrons. The molecular weight excluding hydrogens is 224 g/mol. The largest absolute Gasteiger partial charge is 0.418 e. The van der Waals surface area contributed by atoms with Gasteiger partial charge in [0.25, 0.3) is 0 Å². The molecule has 0 N–H and O–H groups in total. The summed E-state index contributed by atoms with van der Waals surface area (Å²) in [5.74, 6) is 0.631. The first-order valence-corrected chi connectivity index (χ1v) is 5.94. The Labute approximate surface area is 105 Å². The average Bonchev–Trinajstić information content (AvgIpc) is 2.75. The van der Waals surface area contributed by atoms with E-state index in [1.165, 1.54) is 11.1 Å². The predicted molar refractivity (Wildman–Crippen MR) is 71.5 cm³/mol. The van der Waals surface area contributed by atoms with Crippen molar-refractivity contribution in [2.24, 2.45) is 0 Å². The van der Waals surface area contributed by atoms with E-state index in [-0.39, 0.29) is 0 Å². The molecule has 1 aromatic carbocycles. The summed E-state index contributed by atoms with van der Waals surface area (Å²) in [6.45, 7) is 6.18. The molecule has 2 heterocycles. The van der Waals surface area contributed by atoms with Gasteiger partial charge in [-0.3, -0.25) is 0 Å². The molecule has 0 saturated carbocycles. The molecule has 0 saturated heterocycles. The summed E-state index contributed by atoms with van der Waals surface area (Å²) in [6, 6.07) is 8.18. The summed E-state index contributed by atoms with van der Waals surface area (Å²) in [4.78, 5) is 8.72. The first kappa shape index (κ1) is 11.0. The van der Waals surface area contributed by atoms with E-state index in [1.54, 1.807) is 6.20 Å². The van der Waals surface area contributed by atoms with Gasteiger partial charge >= 0.3 is 0 Å². The number of hydrogen-bond acceptors (Lipinski definition) is 3. The smallest absolute Gasteiger partial charge is 0.247 e. The highest BCUT2D eigenvalue weighted by Gasteiger charge is 2.09. The van der Waals surface area contributed by atoms with Gasteiger partial charge in [0.1, 0.15) is 5.52 Å². The summed E-state index contributed by atoms with van der Waals surface area (Å²) in [5.41, 5.74) is 5.98. The van der Waals surface area contributed by atoms with Crippen LogP contribution in [-0.2, 0) is 0 Å². The standard InChI is InChI=1S/C15H14N2O/c1-9-6-13-15(16-8-9)18-14(17-13)12-5-4-10(2)11(3)7-12/h4-8H,1-3H3. The molecule has 0 unspecified atom stereocenters. The minimum absolute atomic E-state index is 0.592. The number of aryl methyl sites for hydroxylation is 3. The molecular formula is C15H14N2O. The number of hydrogen-bond donors (Lipinski definition) is 0. The van der Waals surface area contributed by atoms with Gasteiger partial charge in [-0.15, -0.1) is 0 Å². The fourth-order valence-corrected chi connectivity index (χ4v) is 1.92. The van der Waals surface area contributed by atoms with E-state index in [0.717, 1.165) is 16.6 Å². The summed E-state index contributed by atoms with van der Waals surface area (Å²) in [7, 11) is 0. The highest BCUT2D eigenvalue weighted by Crippen LogP contribution is 2.25. The monoisotopic (exact) mass is 238 g/mol. The zero-order valence-electron chi connectivity index (χ0n) is 10.7. The molecule has 0 aliphatic heterocycles. The second kappa shape index (κ2) is 3.95. The molecule has 0 fully saturated rings. The SMILES string of the molecule is Cc1cnc2oc(-c3ccc(C)c(C)c3)nc2c1. The zero-order valence-corrected chi connectivity index (χ0v) is 10.7. The zero-order chi connectivity index (χ0) is 12.7. The topological polar surface area (TPSA) is 38.9 Å². The van der Waals surface area contributed by atoms with Crippen molar-refractivity contribution in [2.45, 2.75) is 20.8 Å². The summed E-state index contributed by atoms with van der Waals surface area (Å²) in [6.07, 6.45) is 1.79. The number of nitrogens with zero attached hydrogens (tertiary/aromatic N) is 2. The van der Waals surface area contributed by atoms with E-state index in [9.17, 15) is 0 Å². The highest BCUT2D eigenvalue weighted by molar-refractivity contribution is 5.73. The van der Waals surface area contributed by atoms with Crippen LogP contribution in [0.1, 0.15) is 16.7 Å². The van der Waals surface area contributed by atoms with Crippen LogP contribution < -0.4 is 0 Å². The van der Waals surface area contributed by atoms with Crippen molar-refractivity contribution in [1.82, 2.24) is 9.97 Å². The third kappa shape index (κ3) is 1.78. The molecule has 0 atom stereocenters. The molecule has 3 nitrogen and oxygen atoms in total. The molecule has 0 bridgehead atoms. The van der Waals surface area contributed by atoms with Gasteiger partial charge < -0.3 is 4.42 Å². The van der Waals surface area contributed by atoms with Gasteiger partial charge in [0, 0.05) is 11.8 Å². The van der Waals surface area contributed by atoms with Gasteiger partial charge in [-0.25, -0.2) is 9.97 Å². The van der Waals surface area contributed by atoms with Gasteiger partial charge in [0.2, 0.25) is 11.6 Å². The van der Waals surface area contributed by atoms with Crippen molar-refractivity contribution < 1.29 is 4.42 Å². The Hall–Kier alpha value is -2.16. The van der Waals surface area contributed by atoms with Crippen LogP contribution in [0.3, 0.4) is 0 Å². The maximum absolute atomic E-state index is 5.68. The van der Waals surface area contributed by atoms with Gasteiger partial charge in [0.15, 0.2) is 0 Å². The van der Waals surface area contributed by atoms with Crippen molar-refractivity contribution in [3.63, 3.8) is 0 Å². The minimum Gasteiger partial charge on any atom is -0.418 e. The molecule has 3 rings (SSSR count). The van der Waals surface area contributed by atoms with Crippen LogP contribution in [0.5, 0.6) is 0 Å². The van der Waals surface area contributed by atoms with Crippen LogP contribution in [0.25, 0.3) is 22.7 Å². The van der Waals surface area contributed by atoms with Crippen molar-refractivity contribution in [3.8, 4) is 11.5 Å². The fraction of sp³-hybridized carbons (Fsp3) is 0.200. The van der Waals surface area contributed by atoms with E-state index < -0.39 is 0 Å². The van der Waals surface area contributed by atoms with E-state index in [2.05, 4.69) is 35.9 Å². The van der Waals surface area contributed by atoms with Crippen LogP contribution in [0.4, 0.5) is 0 Å². The van der Waals surface area contributed by atoms with Gasteiger partial charge in [-0.05, 0) is 55.7 Å². The van der Waals surface area contributed by atoms with Crippen molar-refractivity contribution in [1.29, 1.82) is 0 Å². The number of rotatable bonds is 1. The molecule has 0 amide bonds. The second-order valence-electron chi connectivity index (χ2n) is 4.66. The summed E-state index contributed by atoms with van der Waals surface area (Å²) < 4.78 is 5.68. The third-order valence-electron chi connectivity index (χ3n) is 3.14. The lowest BCUT2D eigenvalue weighted by atomic mass is 10.1. The third-order valence-corrected chi connectivity index (χ3v) is 3.14. The Balaban J connectivity index is 2.16. The Bertz CT molecular complexity index is 728. The Morgan fingerprint density at radius 1 is 1.00 bits per heavy atom. The minimum atomic E-state index is 0.592. The second-order valence-corrected chi connectivity index (χ2v) is 4.66. The summed E-state index contributed by atoms with van der Waals surface area (Å²) >= 11 is 0.